The topological polar surface area (TPSA) is 82.5 Å². The number of carbonyl (C=O) groups is 2. The first kappa shape index (κ1) is 24.6. The number of anilines is 2. The molecule has 4 aromatic rings. The number of hydrogen-bond donors (Lipinski definition) is 2. The predicted molar refractivity (Wildman–Crippen MR) is 144 cm³/mol. The van der Waals surface area contributed by atoms with Gasteiger partial charge in [-0.15, -0.1) is 22.7 Å². The third-order valence-electron chi connectivity index (χ3n) is 5.06. The van der Waals surface area contributed by atoms with E-state index in [1.165, 1.54) is 22.7 Å². The first-order valence-electron chi connectivity index (χ1n) is 9.84. The monoisotopic (exact) mass is 549 g/mol. The molecule has 0 aliphatic heterocycles. The maximum absolute atomic E-state index is 12.2. The molecule has 0 bridgehead atoms. The third kappa shape index (κ3) is 5.27. The number of thiophene rings is 1. The molecule has 1 unspecified atom stereocenters. The van der Waals surface area contributed by atoms with Crippen molar-refractivity contribution < 1.29 is 14.7 Å². The maximum Gasteiger partial charge on any atom is 0.348 e. The number of amides is 1. The molecule has 6 nitrogen and oxygen atoms in total. The van der Waals surface area contributed by atoms with E-state index in [9.17, 15) is 14.7 Å². The van der Waals surface area contributed by atoms with Crippen molar-refractivity contribution in [2.75, 3.05) is 23.7 Å². The lowest BCUT2D eigenvalue weighted by Crippen LogP contribution is -2.19. The molecule has 34 heavy (non-hydrogen) atoms. The zero-order valence-electron chi connectivity index (χ0n) is 18.0. The summed E-state index contributed by atoms with van der Waals surface area (Å²) in [6, 6.07) is 14.5. The molecule has 2 N–H and O–H groups in total. The van der Waals surface area contributed by atoms with Crippen LogP contribution in [0.2, 0.25) is 10.0 Å². The Morgan fingerprint density at radius 3 is 2.47 bits per heavy atom. The minimum atomic E-state index is -0.990. The molecule has 0 saturated carbocycles. The Kier molecular flexibility index (Phi) is 7.55. The van der Waals surface area contributed by atoms with E-state index in [0.29, 0.717) is 27.1 Å². The Bertz CT molecular complexity index is 1340. The average molecular weight is 550 g/mol. The van der Waals surface area contributed by atoms with Crippen molar-refractivity contribution in [2.24, 2.45) is 0 Å². The molecule has 1 amide bonds. The molecule has 4 rings (SSSR count). The van der Waals surface area contributed by atoms with Crippen molar-refractivity contribution >= 4 is 82.5 Å². The second-order valence-corrected chi connectivity index (χ2v) is 11.9. The molecule has 0 fully saturated rings. The Morgan fingerprint density at radius 2 is 1.85 bits per heavy atom. The third-order valence-corrected chi connectivity index (χ3v) is 9.69. The number of nitrogens with zero attached hydrogens (tertiary/aromatic N) is 2. The van der Waals surface area contributed by atoms with Crippen LogP contribution in [0.15, 0.2) is 59.4 Å². The van der Waals surface area contributed by atoms with Crippen molar-refractivity contribution in [3.63, 3.8) is 0 Å². The lowest BCUT2D eigenvalue weighted by Gasteiger charge is -2.27. The Hall–Kier alpha value is -2.48. The van der Waals surface area contributed by atoms with Crippen LogP contribution in [-0.2, 0) is 0 Å². The Balaban J connectivity index is 1.59. The summed E-state index contributed by atoms with van der Waals surface area (Å²) in [6.45, 7) is 2.02. The second-order valence-electron chi connectivity index (χ2n) is 7.18. The van der Waals surface area contributed by atoms with Gasteiger partial charge in [0.25, 0.3) is 5.91 Å². The van der Waals surface area contributed by atoms with Gasteiger partial charge in [0.15, 0.2) is 0 Å². The summed E-state index contributed by atoms with van der Waals surface area (Å²) in [6.07, 6.45) is 0. The predicted octanol–water partition coefficient (Wildman–Crippen LogP) is 6.92. The molecule has 174 valence electrons. The van der Waals surface area contributed by atoms with Crippen molar-refractivity contribution in [3.05, 3.63) is 80.0 Å². The van der Waals surface area contributed by atoms with Crippen LogP contribution in [0.1, 0.15) is 20.2 Å². The molecule has 11 heteroatoms. The highest BCUT2D eigenvalue weighted by atomic mass is 35.5. The van der Waals surface area contributed by atoms with Gasteiger partial charge in [-0.25, -0.2) is 9.78 Å². The summed E-state index contributed by atoms with van der Waals surface area (Å²) in [4.78, 5) is 29.3. The number of hydrogen-bond acceptors (Lipinski definition) is 6. The highest BCUT2D eigenvalue weighted by Gasteiger charge is 2.24. The summed E-state index contributed by atoms with van der Waals surface area (Å²) in [5.74, 6) is -1.27. The SMILES string of the molecule is CN(c1cc(-c2ccc(NC(=O)c3cscn3)cc2)sc1C(=O)O)P(C)c1ccc(Cl)cc1Cl. The van der Waals surface area contributed by atoms with Gasteiger partial charge in [0.2, 0.25) is 0 Å². The van der Waals surface area contributed by atoms with Crippen LogP contribution < -0.4 is 15.3 Å². The number of thiazole rings is 1. The minimum absolute atomic E-state index is 0.248. The van der Waals surface area contributed by atoms with Crippen LogP contribution in [0.3, 0.4) is 0 Å². The van der Waals surface area contributed by atoms with Crippen LogP contribution in [0, 0.1) is 0 Å². The van der Waals surface area contributed by atoms with Crippen LogP contribution >= 0.6 is 53.9 Å². The lowest BCUT2D eigenvalue weighted by atomic mass is 10.1. The molecule has 0 spiro atoms. The van der Waals surface area contributed by atoms with Gasteiger partial charge in [0.1, 0.15) is 10.6 Å². The molecular formula is C23H18Cl2N3O3PS2. The maximum atomic E-state index is 12.2. The van der Waals surface area contributed by atoms with Gasteiger partial charge < -0.3 is 15.1 Å². The molecule has 0 aliphatic carbocycles. The van der Waals surface area contributed by atoms with Gasteiger partial charge in [0.05, 0.1) is 16.2 Å². The van der Waals surface area contributed by atoms with E-state index in [1.54, 1.807) is 35.2 Å². The summed E-state index contributed by atoms with van der Waals surface area (Å²) in [5, 5.41) is 16.3. The van der Waals surface area contributed by atoms with E-state index in [2.05, 4.69) is 10.3 Å². The van der Waals surface area contributed by atoms with Gasteiger partial charge in [-0.3, -0.25) is 4.79 Å². The van der Waals surface area contributed by atoms with E-state index >= 15 is 0 Å². The Labute approximate surface area is 215 Å². The quantitative estimate of drug-likeness (QED) is 0.244. The van der Waals surface area contributed by atoms with E-state index in [0.717, 1.165) is 15.7 Å². The van der Waals surface area contributed by atoms with Gasteiger partial charge in [-0.2, -0.15) is 0 Å². The zero-order chi connectivity index (χ0) is 24.4. The minimum Gasteiger partial charge on any atom is -0.477 e. The number of carboxylic acids is 1. The standard InChI is InChI=1S/C23H18Cl2N3O3PS2/c1-28(32(2)19-8-5-14(24)9-16(19)25)18-10-20(34-21(18)23(30)31)13-3-6-15(7-4-13)27-22(29)17-11-33-12-26-17/h3-12H,1-2H3,(H,27,29)(H,30,31). The largest absolute Gasteiger partial charge is 0.477 e. The molecule has 0 aliphatic rings. The van der Waals surface area contributed by atoms with Gasteiger partial charge in [-0.1, -0.05) is 35.3 Å². The summed E-state index contributed by atoms with van der Waals surface area (Å²) >= 11 is 15.0. The van der Waals surface area contributed by atoms with Gasteiger partial charge >= 0.3 is 5.97 Å². The second kappa shape index (κ2) is 10.4. The smallest absolute Gasteiger partial charge is 0.348 e. The molecular weight excluding hydrogens is 532 g/mol. The number of halogens is 2. The van der Waals surface area contributed by atoms with E-state index < -0.39 is 14.0 Å². The molecule has 0 radical (unpaired) electrons. The van der Waals surface area contributed by atoms with Gasteiger partial charge in [0, 0.05) is 41.4 Å². The van der Waals surface area contributed by atoms with Crippen LogP contribution in [0.4, 0.5) is 11.4 Å². The first-order valence-corrected chi connectivity index (χ1v) is 14.1. The Morgan fingerprint density at radius 1 is 1.12 bits per heavy atom. The molecule has 0 saturated heterocycles. The van der Waals surface area contributed by atoms with E-state index in [1.807, 2.05) is 42.6 Å². The molecule has 2 aromatic heterocycles. The van der Waals surface area contributed by atoms with Crippen LogP contribution in [0.25, 0.3) is 10.4 Å². The normalized spacial score (nSPS) is 11.8. The molecule has 1 atom stereocenters. The first-order chi connectivity index (χ1) is 16.2. The van der Waals surface area contributed by atoms with E-state index in [-0.39, 0.29) is 10.8 Å². The highest BCUT2D eigenvalue weighted by Crippen LogP contribution is 2.46. The molecule has 2 aromatic carbocycles. The van der Waals surface area contributed by atoms with Crippen LogP contribution in [-0.4, -0.2) is 35.7 Å². The van der Waals surface area contributed by atoms with Crippen molar-refractivity contribution in [3.8, 4) is 10.4 Å². The number of nitrogens with one attached hydrogen (secondary N) is 1. The fourth-order valence-corrected chi connectivity index (χ4v) is 7.10. The number of rotatable bonds is 7. The van der Waals surface area contributed by atoms with Crippen molar-refractivity contribution in [2.45, 2.75) is 0 Å². The lowest BCUT2D eigenvalue weighted by molar-refractivity contribution is 0.0702. The van der Waals surface area contributed by atoms with Crippen molar-refractivity contribution in [1.82, 2.24) is 4.98 Å². The zero-order valence-corrected chi connectivity index (χ0v) is 22.0. The number of aromatic nitrogens is 1. The summed E-state index contributed by atoms with van der Waals surface area (Å²) in [5.41, 5.74) is 4.07. The van der Waals surface area contributed by atoms with E-state index in [4.69, 9.17) is 23.2 Å². The van der Waals surface area contributed by atoms with Crippen molar-refractivity contribution in [1.29, 1.82) is 0 Å². The number of carbonyl (C=O) groups excluding carboxylic acids is 1. The fourth-order valence-electron chi connectivity index (χ4n) is 3.22. The average Bonchev–Trinajstić information content (AvgIpc) is 3.49. The highest BCUT2D eigenvalue weighted by molar-refractivity contribution is 7.66. The summed E-state index contributed by atoms with van der Waals surface area (Å²) < 4.78 is 1.95. The van der Waals surface area contributed by atoms with Crippen LogP contribution in [0.5, 0.6) is 0 Å². The molecule has 2 heterocycles. The fraction of sp³-hybridized carbons (Fsp3) is 0.0870. The number of benzene rings is 2. The number of aromatic carboxylic acids is 1. The number of carboxylic acid groups (broad SMARTS) is 1. The van der Waals surface area contributed by atoms with Gasteiger partial charge in [-0.05, 0) is 48.6 Å². The summed E-state index contributed by atoms with van der Waals surface area (Å²) in [7, 11) is 0.924.